The van der Waals surface area contributed by atoms with Crippen LogP contribution in [0.25, 0.3) is 0 Å². The number of amides is 1. The third-order valence-corrected chi connectivity index (χ3v) is 5.06. The van der Waals surface area contributed by atoms with Crippen LogP contribution in [0.4, 0.5) is 8.78 Å². The first-order valence-corrected chi connectivity index (χ1v) is 8.42. The van der Waals surface area contributed by atoms with Gasteiger partial charge in [0.15, 0.2) is 5.82 Å². The molecule has 116 valence electrons. The molecule has 0 radical (unpaired) electrons. The maximum Gasteiger partial charge on any atom is 0.259 e. The molecule has 0 aromatic heterocycles. The molecule has 1 amide bonds. The Morgan fingerprint density at radius 2 is 2.05 bits per heavy atom. The molecule has 0 spiro atoms. The van der Waals surface area contributed by atoms with Crippen LogP contribution in [0.15, 0.2) is 15.4 Å². The normalized spacial score (nSPS) is 15.1. The highest BCUT2D eigenvalue weighted by Crippen LogP contribution is 2.32. The molecule has 1 fully saturated rings. The van der Waals surface area contributed by atoms with Crippen LogP contribution in [0.3, 0.4) is 0 Å². The van der Waals surface area contributed by atoms with Crippen LogP contribution in [0.5, 0.6) is 0 Å². The Morgan fingerprint density at radius 3 is 2.52 bits per heavy atom. The standard InChI is InChI=1S/C12H13BrF2N2O3S/c1-17(5-6-2-3-6)12(18)9-8(14)4-7(13)11(10(9)15)21(16,19)20/h4,6H,2-3,5H2,1H3,(H2,16,19,20). The molecule has 1 aromatic carbocycles. The van der Waals surface area contributed by atoms with Gasteiger partial charge in [-0.05, 0) is 40.8 Å². The number of hydrogen-bond donors (Lipinski definition) is 1. The summed E-state index contributed by atoms with van der Waals surface area (Å²) in [6.45, 7) is 0.373. The zero-order chi connectivity index (χ0) is 15.9. The lowest BCUT2D eigenvalue weighted by Gasteiger charge is -2.18. The van der Waals surface area contributed by atoms with E-state index >= 15 is 0 Å². The summed E-state index contributed by atoms with van der Waals surface area (Å²) in [5.74, 6) is -3.19. The first-order chi connectivity index (χ1) is 9.62. The maximum atomic E-state index is 14.3. The van der Waals surface area contributed by atoms with Crippen LogP contribution in [-0.4, -0.2) is 32.8 Å². The number of nitrogens with zero attached hydrogens (tertiary/aromatic N) is 1. The van der Waals surface area contributed by atoms with Crippen molar-refractivity contribution in [2.75, 3.05) is 13.6 Å². The van der Waals surface area contributed by atoms with E-state index in [4.69, 9.17) is 5.14 Å². The molecule has 0 heterocycles. The van der Waals surface area contributed by atoms with Gasteiger partial charge in [0.2, 0.25) is 10.0 Å². The Balaban J connectivity index is 2.50. The molecule has 1 saturated carbocycles. The van der Waals surface area contributed by atoms with E-state index in [0.717, 1.165) is 18.9 Å². The topological polar surface area (TPSA) is 80.5 Å². The molecule has 0 atom stereocenters. The van der Waals surface area contributed by atoms with Crippen molar-refractivity contribution in [3.05, 3.63) is 27.7 Å². The number of sulfonamides is 1. The minimum absolute atomic E-state index is 0.332. The molecule has 0 aliphatic heterocycles. The fraction of sp³-hybridized carbons (Fsp3) is 0.417. The van der Waals surface area contributed by atoms with Gasteiger partial charge < -0.3 is 4.90 Å². The summed E-state index contributed by atoms with van der Waals surface area (Å²) in [4.78, 5) is 12.4. The van der Waals surface area contributed by atoms with Gasteiger partial charge in [0, 0.05) is 18.1 Å². The van der Waals surface area contributed by atoms with Crippen LogP contribution >= 0.6 is 15.9 Å². The molecule has 5 nitrogen and oxygen atoms in total. The zero-order valence-electron chi connectivity index (χ0n) is 11.1. The molecular formula is C12H13BrF2N2O3S. The van der Waals surface area contributed by atoms with E-state index in [9.17, 15) is 22.0 Å². The van der Waals surface area contributed by atoms with Crippen molar-refractivity contribution in [2.45, 2.75) is 17.7 Å². The van der Waals surface area contributed by atoms with Crippen LogP contribution in [-0.2, 0) is 10.0 Å². The summed E-state index contributed by atoms with van der Waals surface area (Å²) in [6, 6.07) is 0.723. The Bertz CT molecular complexity index is 705. The summed E-state index contributed by atoms with van der Waals surface area (Å²) >= 11 is 2.74. The average Bonchev–Trinajstić information content (AvgIpc) is 3.09. The van der Waals surface area contributed by atoms with E-state index in [-0.39, 0.29) is 4.47 Å². The number of halogens is 3. The van der Waals surface area contributed by atoms with E-state index in [0.29, 0.717) is 12.5 Å². The number of primary sulfonamides is 1. The van der Waals surface area contributed by atoms with Gasteiger partial charge in [-0.25, -0.2) is 22.3 Å². The van der Waals surface area contributed by atoms with Gasteiger partial charge >= 0.3 is 0 Å². The van der Waals surface area contributed by atoms with Gasteiger partial charge in [-0.1, -0.05) is 0 Å². The minimum atomic E-state index is -4.43. The number of benzene rings is 1. The van der Waals surface area contributed by atoms with Crippen molar-refractivity contribution in [2.24, 2.45) is 11.1 Å². The van der Waals surface area contributed by atoms with E-state index in [2.05, 4.69) is 15.9 Å². The van der Waals surface area contributed by atoms with E-state index < -0.39 is 38.0 Å². The smallest absolute Gasteiger partial charge is 0.259 e. The summed E-state index contributed by atoms with van der Waals surface area (Å²) in [7, 11) is -3.02. The van der Waals surface area contributed by atoms with Crippen LogP contribution < -0.4 is 5.14 Å². The van der Waals surface area contributed by atoms with Crippen LogP contribution in [0.2, 0.25) is 0 Å². The van der Waals surface area contributed by atoms with E-state index in [1.807, 2.05) is 0 Å². The Labute approximate surface area is 129 Å². The summed E-state index contributed by atoms with van der Waals surface area (Å²) in [5, 5.41) is 4.90. The monoisotopic (exact) mass is 382 g/mol. The molecule has 1 aliphatic carbocycles. The summed E-state index contributed by atoms with van der Waals surface area (Å²) in [5.41, 5.74) is -0.912. The maximum absolute atomic E-state index is 14.3. The van der Waals surface area contributed by atoms with Gasteiger partial charge in [0.1, 0.15) is 16.3 Å². The second kappa shape index (κ2) is 5.62. The van der Waals surface area contributed by atoms with E-state index in [1.54, 1.807) is 0 Å². The first kappa shape index (κ1) is 16.3. The highest BCUT2D eigenvalue weighted by Gasteiger charge is 2.31. The SMILES string of the molecule is CN(CC1CC1)C(=O)c1c(F)cc(Br)c(S(N)(=O)=O)c1F. The lowest BCUT2D eigenvalue weighted by Crippen LogP contribution is -2.31. The summed E-state index contributed by atoms with van der Waals surface area (Å²) in [6.07, 6.45) is 1.93. The summed E-state index contributed by atoms with van der Waals surface area (Å²) < 4.78 is 50.6. The number of rotatable bonds is 4. The molecule has 21 heavy (non-hydrogen) atoms. The molecule has 9 heteroatoms. The van der Waals surface area contributed by atoms with Crippen molar-refractivity contribution in [3.63, 3.8) is 0 Å². The third kappa shape index (κ3) is 3.41. The molecule has 1 aromatic rings. The zero-order valence-corrected chi connectivity index (χ0v) is 13.5. The molecule has 0 unspecified atom stereocenters. The van der Waals surface area contributed by atoms with Gasteiger partial charge in [0.25, 0.3) is 5.91 Å². The lowest BCUT2D eigenvalue weighted by atomic mass is 10.1. The number of nitrogens with two attached hydrogens (primary N) is 1. The van der Waals surface area contributed by atoms with Crippen molar-refractivity contribution in [1.29, 1.82) is 0 Å². The van der Waals surface area contributed by atoms with Crippen molar-refractivity contribution in [1.82, 2.24) is 4.90 Å². The first-order valence-electron chi connectivity index (χ1n) is 6.08. The second-order valence-electron chi connectivity index (χ2n) is 5.03. The third-order valence-electron chi connectivity index (χ3n) is 3.20. The quantitative estimate of drug-likeness (QED) is 0.862. The Hall–Kier alpha value is -1.06. The molecule has 2 rings (SSSR count). The van der Waals surface area contributed by atoms with Gasteiger partial charge in [-0.2, -0.15) is 0 Å². The lowest BCUT2D eigenvalue weighted by molar-refractivity contribution is 0.0778. The van der Waals surface area contributed by atoms with Gasteiger partial charge in [-0.15, -0.1) is 0 Å². The molecule has 2 N–H and O–H groups in total. The Kier molecular flexibility index (Phi) is 4.36. The minimum Gasteiger partial charge on any atom is -0.341 e. The largest absolute Gasteiger partial charge is 0.341 e. The average molecular weight is 383 g/mol. The number of hydrogen-bond acceptors (Lipinski definition) is 3. The fourth-order valence-electron chi connectivity index (χ4n) is 1.99. The highest BCUT2D eigenvalue weighted by atomic mass is 79.9. The van der Waals surface area contributed by atoms with Gasteiger partial charge in [0.05, 0.1) is 0 Å². The van der Waals surface area contributed by atoms with Crippen LogP contribution in [0, 0.1) is 17.6 Å². The molecule has 0 saturated heterocycles. The van der Waals surface area contributed by atoms with Crippen molar-refractivity contribution < 1.29 is 22.0 Å². The molecule has 0 bridgehead atoms. The predicted molar refractivity (Wildman–Crippen MR) is 75.1 cm³/mol. The number of carbonyl (C=O) groups excluding carboxylic acids is 1. The number of carbonyl (C=O) groups is 1. The highest BCUT2D eigenvalue weighted by molar-refractivity contribution is 9.10. The van der Waals surface area contributed by atoms with E-state index in [1.165, 1.54) is 11.9 Å². The Morgan fingerprint density at radius 1 is 1.48 bits per heavy atom. The second-order valence-corrected chi connectivity index (χ2v) is 7.38. The molecular weight excluding hydrogens is 370 g/mol. The fourth-order valence-corrected chi connectivity index (χ4v) is 3.73. The van der Waals surface area contributed by atoms with Gasteiger partial charge in [-0.3, -0.25) is 4.79 Å². The van der Waals surface area contributed by atoms with Crippen molar-refractivity contribution >= 4 is 31.9 Å². The van der Waals surface area contributed by atoms with Crippen LogP contribution in [0.1, 0.15) is 23.2 Å². The predicted octanol–water partition coefficient (Wildman–Crippen LogP) is 1.86. The molecule has 1 aliphatic rings. The van der Waals surface area contributed by atoms with Crippen molar-refractivity contribution in [3.8, 4) is 0 Å².